The number of hydrogen-bond acceptors (Lipinski definition) is 4. The van der Waals surface area contributed by atoms with Gasteiger partial charge in [-0.05, 0) is 19.9 Å². The molecule has 2 aromatic rings. The molecule has 2 amide bonds. The number of aryl methyl sites for hydroxylation is 2. The number of carbonyl (C=O) groups excluding carboxylic acids is 1. The van der Waals surface area contributed by atoms with Gasteiger partial charge >= 0.3 is 18.4 Å². The largest absolute Gasteiger partial charge is 0.332 e. The van der Waals surface area contributed by atoms with E-state index in [4.69, 9.17) is 0 Å². The number of amides is 2. The van der Waals surface area contributed by atoms with Crippen LogP contribution in [0.5, 0.6) is 0 Å². The summed E-state index contributed by atoms with van der Waals surface area (Å²) in [4.78, 5) is 19.9. The number of halogens is 4. The Kier molecular flexibility index (Phi) is 5.00. The van der Waals surface area contributed by atoms with E-state index >= 15 is 0 Å². The normalized spacial score (nSPS) is 11.6. The minimum absolute atomic E-state index is 0.0952. The number of anilines is 1. The number of aromatic nitrogens is 4. The second kappa shape index (κ2) is 6.81. The first kappa shape index (κ1) is 17.6. The molecule has 0 spiro atoms. The molecule has 24 heavy (non-hydrogen) atoms. The molecular formula is C13H14F4N6O. The molecular weight excluding hydrogens is 332 g/mol. The minimum atomic E-state index is -4.31. The highest BCUT2D eigenvalue weighted by molar-refractivity contribution is 5.88. The van der Waals surface area contributed by atoms with Crippen molar-refractivity contribution in [2.45, 2.75) is 26.2 Å². The molecule has 0 unspecified atom stereocenters. The van der Waals surface area contributed by atoms with Gasteiger partial charge in [-0.3, -0.25) is 5.32 Å². The van der Waals surface area contributed by atoms with E-state index in [1.165, 1.54) is 16.9 Å². The summed E-state index contributed by atoms with van der Waals surface area (Å²) >= 11 is 0. The van der Waals surface area contributed by atoms with Crippen LogP contribution in [-0.2, 0) is 0 Å². The Morgan fingerprint density at radius 2 is 1.92 bits per heavy atom. The van der Waals surface area contributed by atoms with Gasteiger partial charge in [-0.2, -0.15) is 18.6 Å². The molecule has 0 aromatic carbocycles. The fourth-order valence-electron chi connectivity index (χ4n) is 1.80. The Balaban J connectivity index is 2.09. The maximum Gasteiger partial charge on any atom is 0.324 e. The van der Waals surface area contributed by atoms with Gasteiger partial charge in [0.2, 0.25) is 0 Å². The molecule has 0 atom stereocenters. The number of alkyl halides is 4. The van der Waals surface area contributed by atoms with Crippen LogP contribution in [0.3, 0.4) is 0 Å². The van der Waals surface area contributed by atoms with E-state index < -0.39 is 24.9 Å². The first-order valence-corrected chi connectivity index (χ1v) is 6.76. The molecule has 0 saturated heterocycles. The van der Waals surface area contributed by atoms with Crippen LogP contribution in [0.2, 0.25) is 0 Å². The summed E-state index contributed by atoms with van der Waals surface area (Å²) in [7, 11) is 0. The summed E-state index contributed by atoms with van der Waals surface area (Å²) in [6.07, 6.45) is -2.53. The SMILES string of the molecule is Cc1cc(C)nc(-n2nccc2NC(=O)NCC(F)(F)C(F)F)n1. The summed E-state index contributed by atoms with van der Waals surface area (Å²) in [5.41, 5.74) is 1.33. The third kappa shape index (κ3) is 4.18. The topological polar surface area (TPSA) is 84.7 Å². The lowest BCUT2D eigenvalue weighted by Crippen LogP contribution is -2.43. The monoisotopic (exact) mass is 346 g/mol. The van der Waals surface area contributed by atoms with Crippen LogP contribution in [0.4, 0.5) is 28.2 Å². The van der Waals surface area contributed by atoms with Crippen LogP contribution in [0, 0.1) is 13.8 Å². The predicted molar refractivity (Wildman–Crippen MR) is 76.6 cm³/mol. The smallest absolute Gasteiger partial charge is 0.324 e. The molecule has 0 radical (unpaired) electrons. The zero-order valence-corrected chi connectivity index (χ0v) is 12.7. The van der Waals surface area contributed by atoms with Gasteiger partial charge in [0.25, 0.3) is 5.95 Å². The van der Waals surface area contributed by atoms with Crippen molar-refractivity contribution >= 4 is 11.8 Å². The maximum absolute atomic E-state index is 12.8. The van der Waals surface area contributed by atoms with E-state index in [1.807, 2.05) is 0 Å². The Morgan fingerprint density at radius 3 is 2.50 bits per heavy atom. The zero-order chi connectivity index (χ0) is 17.9. The predicted octanol–water partition coefficient (Wildman–Crippen LogP) is 2.30. The average Bonchev–Trinajstić information content (AvgIpc) is 2.92. The van der Waals surface area contributed by atoms with Gasteiger partial charge in [0.15, 0.2) is 0 Å². The Bertz CT molecular complexity index is 713. The van der Waals surface area contributed by atoms with Gasteiger partial charge in [-0.1, -0.05) is 0 Å². The van der Waals surface area contributed by atoms with Crippen molar-refractivity contribution in [2.24, 2.45) is 0 Å². The summed E-state index contributed by atoms with van der Waals surface area (Å²) in [5.74, 6) is -4.04. The molecule has 130 valence electrons. The first-order chi connectivity index (χ1) is 11.2. The number of urea groups is 1. The summed E-state index contributed by atoms with van der Waals surface area (Å²) in [6.45, 7) is 1.99. The van der Waals surface area contributed by atoms with Crippen LogP contribution < -0.4 is 10.6 Å². The van der Waals surface area contributed by atoms with Gasteiger partial charge in [0.1, 0.15) is 5.82 Å². The Hall–Kier alpha value is -2.72. The fraction of sp³-hybridized carbons (Fsp3) is 0.385. The number of nitrogens with one attached hydrogen (secondary N) is 2. The lowest BCUT2D eigenvalue weighted by molar-refractivity contribution is -0.123. The lowest BCUT2D eigenvalue weighted by atomic mass is 10.3. The van der Waals surface area contributed by atoms with Crippen molar-refractivity contribution in [3.8, 4) is 5.95 Å². The maximum atomic E-state index is 12.8. The van der Waals surface area contributed by atoms with Crippen molar-refractivity contribution in [3.05, 3.63) is 29.7 Å². The van der Waals surface area contributed by atoms with E-state index in [0.29, 0.717) is 11.4 Å². The van der Waals surface area contributed by atoms with Crippen molar-refractivity contribution in [1.29, 1.82) is 0 Å². The average molecular weight is 346 g/mol. The van der Waals surface area contributed by atoms with Gasteiger partial charge in [0.05, 0.1) is 12.7 Å². The molecule has 2 N–H and O–H groups in total. The van der Waals surface area contributed by atoms with Gasteiger partial charge in [0, 0.05) is 17.5 Å². The minimum Gasteiger partial charge on any atom is -0.332 e. The number of carbonyl (C=O) groups is 1. The molecule has 11 heteroatoms. The highest BCUT2D eigenvalue weighted by atomic mass is 19.3. The zero-order valence-electron chi connectivity index (χ0n) is 12.7. The second-order valence-electron chi connectivity index (χ2n) is 4.95. The van der Waals surface area contributed by atoms with Crippen LogP contribution in [0.1, 0.15) is 11.4 Å². The van der Waals surface area contributed by atoms with E-state index in [9.17, 15) is 22.4 Å². The lowest BCUT2D eigenvalue weighted by Gasteiger charge is -2.16. The molecule has 0 saturated carbocycles. The molecule has 0 fully saturated rings. The van der Waals surface area contributed by atoms with Gasteiger partial charge < -0.3 is 5.32 Å². The molecule has 0 aliphatic carbocycles. The molecule has 0 aliphatic heterocycles. The molecule has 7 nitrogen and oxygen atoms in total. The van der Waals surface area contributed by atoms with E-state index in [-0.39, 0.29) is 11.8 Å². The number of rotatable bonds is 5. The number of hydrogen-bond donors (Lipinski definition) is 2. The highest BCUT2D eigenvalue weighted by Crippen LogP contribution is 2.21. The van der Waals surface area contributed by atoms with Crippen LogP contribution in [-0.4, -0.2) is 44.7 Å². The Labute approximate surface area is 134 Å². The first-order valence-electron chi connectivity index (χ1n) is 6.76. The van der Waals surface area contributed by atoms with Crippen LogP contribution in [0.25, 0.3) is 5.95 Å². The summed E-state index contributed by atoms with van der Waals surface area (Å²) < 4.78 is 50.9. The number of nitrogens with zero attached hydrogens (tertiary/aromatic N) is 4. The third-order valence-electron chi connectivity index (χ3n) is 2.85. The fourth-order valence-corrected chi connectivity index (χ4v) is 1.80. The van der Waals surface area contributed by atoms with Crippen molar-refractivity contribution in [3.63, 3.8) is 0 Å². The quantitative estimate of drug-likeness (QED) is 0.814. The van der Waals surface area contributed by atoms with Crippen molar-refractivity contribution < 1.29 is 22.4 Å². The van der Waals surface area contributed by atoms with Gasteiger partial charge in [-0.15, -0.1) is 0 Å². The molecule has 0 bridgehead atoms. The standard InChI is InChI=1S/C13H14F4N6O/c1-7-5-8(2)21-11(20-7)23-9(3-4-19-23)22-12(24)18-6-13(16,17)10(14)15/h3-5,10H,6H2,1-2H3,(H2,18,22,24). The van der Waals surface area contributed by atoms with Gasteiger partial charge in [-0.25, -0.2) is 23.5 Å². The molecule has 0 aliphatic rings. The second-order valence-corrected chi connectivity index (χ2v) is 4.95. The van der Waals surface area contributed by atoms with Crippen molar-refractivity contribution in [2.75, 3.05) is 11.9 Å². The summed E-state index contributed by atoms with van der Waals surface area (Å²) in [6, 6.07) is 2.03. The van der Waals surface area contributed by atoms with Crippen LogP contribution >= 0.6 is 0 Å². The van der Waals surface area contributed by atoms with Crippen LogP contribution in [0.15, 0.2) is 18.3 Å². The molecule has 2 rings (SSSR count). The summed E-state index contributed by atoms with van der Waals surface area (Å²) in [5, 5.41) is 7.85. The Morgan fingerprint density at radius 1 is 1.29 bits per heavy atom. The van der Waals surface area contributed by atoms with Crippen molar-refractivity contribution in [1.82, 2.24) is 25.1 Å². The third-order valence-corrected chi connectivity index (χ3v) is 2.85. The highest BCUT2D eigenvalue weighted by Gasteiger charge is 2.40. The van der Waals surface area contributed by atoms with E-state index in [2.05, 4.69) is 20.4 Å². The van der Waals surface area contributed by atoms with E-state index in [1.54, 1.807) is 25.2 Å². The molecule has 2 heterocycles. The van der Waals surface area contributed by atoms with E-state index in [0.717, 1.165) is 0 Å². The molecule has 2 aromatic heterocycles.